The smallest absolute Gasteiger partial charge is 0.288 e. The number of nitrogens with zero attached hydrogens (tertiary/aromatic N) is 4. The second-order valence-corrected chi connectivity index (χ2v) is 8.94. The van der Waals surface area contributed by atoms with Crippen molar-refractivity contribution in [2.24, 2.45) is 0 Å². The summed E-state index contributed by atoms with van der Waals surface area (Å²) in [4.78, 5) is 18.4. The predicted molar refractivity (Wildman–Crippen MR) is 105 cm³/mol. The Kier molecular flexibility index (Phi) is 5.45. The van der Waals surface area contributed by atoms with Crippen molar-refractivity contribution in [1.82, 2.24) is 4.98 Å². The van der Waals surface area contributed by atoms with Gasteiger partial charge in [0.15, 0.2) is 9.84 Å². The monoisotopic (exact) mass is 430 g/mol. The number of nitro benzene ring substituents is 1. The fourth-order valence-corrected chi connectivity index (χ4v) is 4.32. The van der Waals surface area contributed by atoms with Crippen molar-refractivity contribution in [3.05, 3.63) is 50.6 Å². The van der Waals surface area contributed by atoms with Crippen LogP contribution in [-0.2, 0) is 9.84 Å². The van der Waals surface area contributed by atoms with Crippen LogP contribution in [0.2, 0.25) is 10.0 Å². The zero-order valence-corrected chi connectivity index (χ0v) is 16.6. The zero-order valence-electron chi connectivity index (χ0n) is 14.3. The summed E-state index contributed by atoms with van der Waals surface area (Å²) < 4.78 is 23.9. The Bertz CT molecular complexity index is 992. The largest absolute Gasteiger partial charge is 0.368 e. The predicted octanol–water partition coefficient (Wildman–Crippen LogP) is 3.03. The number of sulfone groups is 1. The molecule has 27 heavy (non-hydrogen) atoms. The Morgan fingerprint density at radius 2 is 1.74 bits per heavy atom. The summed E-state index contributed by atoms with van der Waals surface area (Å²) in [6.07, 6.45) is 2.50. The first-order valence-corrected chi connectivity index (χ1v) is 10.6. The summed E-state index contributed by atoms with van der Waals surface area (Å²) in [7, 11) is -3.72. The van der Waals surface area contributed by atoms with Crippen molar-refractivity contribution in [3.63, 3.8) is 0 Å². The van der Waals surface area contributed by atoms with Crippen molar-refractivity contribution in [1.29, 1.82) is 0 Å². The van der Waals surface area contributed by atoms with Gasteiger partial charge in [-0.05, 0) is 18.2 Å². The minimum absolute atomic E-state index is 0.283. The molecule has 2 aromatic rings. The van der Waals surface area contributed by atoms with Crippen LogP contribution in [0, 0.1) is 10.1 Å². The van der Waals surface area contributed by atoms with E-state index in [-0.39, 0.29) is 4.90 Å². The molecule has 1 fully saturated rings. The van der Waals surface area contributed by atoms with Gasteiger partial charge in [0.1, 0.15) is 10.7 Å². The number of benzene rings is 1. The average Bonchev–Trinajstić information content (AvgIpc) is 2.60. The number of nitro groups is 1. The van der Waals surface area contributed by atoms with Crippen molar-refractivity contribution >= 4 is 50.2 Å². The number of hydrogen-bond donors (Lipinski definition) is 0. The van der Waals surface area contributed by atoms with Gasteiger partial charge in [0.2, 0.25) is 0 Å². The summed E-state index contributed by atoms with van der Waals surface area (Å²) in [5.41, 5.74) is 0.202. The third-order valence-electron chi connectivity index (χ3n) is 4.27. The van der Waals surface area contributed by atoms with E-state index in [2.05, 4.69) is 4.98 Å². The molecular weight excluding hydrogens is 415 g/mol. The quantitative estimate of drug-likeness (QED) is 0.542. The molecule has 2 heterocycles. The Hall–Kier alpha value is -2.10. The molecule has 0 aliphatic carbocycles. The Morgan fingerprint density at radius 3 is 2.30 bits per heavy atom. The SMILES string of the molecule is CS(=O)(=O)c1cc(N2CCN(c3ncc(Cl)cc3Cl)CC2)ccc1[N+](=O)[O-]. The molecule has 144 valence electrons. The van der Waals surface area contributed by atoms with E-state index in [1.807, 2.05) is 9.80 Å². The Labute approximate surface area is 166 Å². The van der Waals surface area contributed by atoms with Gasteiger partial charge in [0, 0.05) is 50.4 Å². The van der Waals surface area contributed by atoms with E-state index in [0.29, 0.717) is 47.7 Å². The molecule has 11 heteroatoms. The molecule has 0 amide bonds. The van der Waals surface area contributed by atoms with E-state index >= 15 is 0 Å². The summed E-state index contributed by atoms with van der Waals surface area (Å²) in [6, 6.07) is 5.79. The zero-order chi connectivity index (χ0) is 19.8. The van der Waals surface area contributed by atoms with Crippen LogP contribution < -0.4 is 9.80 Å². The minimum atomic E-state index is -3.72. The maximum Gasteiger partial charge on any atom is 0.288 e. The lowest BCUT2D eigenvalue weighted by Crippen LogP contribution is -2.47. The molecule has 1 aromatic heterocycles. The van der Waals surface area contributed by atoms with Crippen LogP contribution in [0.4, 0.5) is 17.2 Å². The third-order valence-corrected chi connectivity index (χ3v) is 5.88. The molecule has 0 bridgehead atoms. The summed E-state index contributed by atoms with van der Waals surface area (Å²) in [6.45, 7) is 2.39. The first-order valence-electron chi connectivity index (χ1n) is 7.96. The molecule has 0 unspecified atom stereocenters. The van der Waals surface area contributed by atoms with E-state index < -0.39 is 20.4 Å². The third kappa shape index (κ3) is 4.26. The normalized spacial score (nSPS) is 15.1. The van der Waals surface area contributed by atoms with Crippen molar-refractivity contribution in [2.75, 3.05) is 42.2 Å². The van der Waals surface area contributed by atoms with E-state index in [4.69, 9.17) is 23.2 Å². The Morgan fingerprint density at radius 1 is 1.11 bits per heavy atom. The molecule has 1 aliphatic heterocycles. The molecule has 0 N–H and O–H groups in total. The number of aromatic nitrogens is 1. The number of rotatable bonds is 4. The number of hydrogen-bond acceptors (Lipinski definition) is 7. The maximum absolute atomic E-state index is 11.9. The first-order chi connectivity index (χ1) is 12.7. The molecule has 0 spiro atoms. The number of halogens is 2. The van der Waals surface area contributed by atoms with Gasteiger partial charge in [0.05, 0.1) is 15.0 Å². The van der Waals surface area contributed by atoms with Crippen LogP contribution in [0.25, 0.3) is 0 Å². The van der Waals surface area contributed by atoms with Gasteiger partial charge < -0.3 is 9.80 Å². The van der Waals surface area contributed by atoms with Crippen LogP contribution >= 0.6 is 23.2 Å². The first kappa shape index (κ1) is 19.7. The number of anilines is 2. The van der Waals surface area contributed by atoms with E-state index in [1.54, 1.807) is 12.1 Å². The topological polar surface area (TPSA) is 96.7 Å². The molecule has 0 atom stereocenters. The van der Waals surface area contributed by atoms with Gasteiger partial charge in [-0.3, -0.25) is 10.1 Å². The second kappa shape index (κ2) is 7.49. The fourth-order valence-electron chi connectivity index (χ4n) is 2.96. The lowest BCUT2D eigenvalue weighted by molar-refractivity contribution is -0.387. The second-order valence-electron chi connectivity index (χ2n) is 6.11. The Balaban J connectivity index is 1.81. The fraction of sp³-hybridized carbons (Fsp3) is 0.312. The van der Waals surface area contributed by atoms with Crippen LogP contribution in [0.5, 0.6) is 0 Å². The van der Waals surface area contributed by atoms with Gasteiger partial charge in [0.25, 0.3) is 5.69 Å². The molecule has 0 saturated carbocycles. The van der Waals surface area contributed by atoms with Gasteiger partial charge in [-0.2, -0.15) is 0 Å². The minimum Gasteiger partial charge on any atom is -0.368 e. The van der Waals surface area contributed by atoms with Crippen LogP contribution in [-0.4, -0.2) is 50.8 Å². The highest BCUT2D eigenvalue weighted by Gasteiger charge is 2.26. The van der Waals surface area contributed by atoms with Gasteiger partial charge in [-0.15, -0.1) is 0 Å². The van der Waals surface area contributed by atoms with Crippen molar-refractivity contribution in [2.45, 2.75) is 4.90 Å². The molecule has 0 radical (unpaired) electrons. The van der Waals surface area contributed by atoms with E-state index in [0.717, 1.165) is 6.26 Å². The molecule has 3 rings (SSSR count). The van der Waals surface area contributed by atoms with Crippen LogP contribution in [0.3, 0.4) is 0 Å². The van der Waals surface area contributed by atoms with Gasteiger partial charge in [-0.1, -0.05) is 23.2 Å². The van der Waals surface area contributed by atoms with E-state index in [1.165, 1.54) is 18.3 Å². The highest BCUT2D eigenvalue weighted by atomic mass is 35.5. The summed E-state index contributed by atoms with van der Waals surface area (Å²) >= 11 is 12.1. The van der Waals surface area contributed by atoms with Gasteiger partial charge in [-0.25, -0.2) is 13.4 Å². The molecule has 1 aromatic carbocycles. The molecule has 1 saturated heterocycles. The average molecular weight is 431 g/mol. The van der Waals surface area contributed by atoms with Crippen LogP contribution in [0.1, 0.15) is 0 Å². The maximum atomic E-state index is 11.9. The molecular formula is C16H16Cl2N4O4S. The highest BCUT2D eigenvalue weighted by Crippen LogP contribution is 2.31. The molecule has 1 aliphatic rings. The summed E-state index contributed by atoms with van der Waals surface area (Å²) in [5.74, 6) is 0.640. The van der Waals surface area contributed by atoms with E-state index in [9.17, 15) is 18.5 Å². The standard InChI is InChI=1S/C16H16Cl2N4O4S/c1-27(25,26)15-9-12(2-3-14(15)22(23)24)20-4-6-21(7-5-20)16-13(18)8-11(17)10-19-16/h2-3,8-10H,4-7H2,1H3. The number of piperazine rings is 1. The molecule has 8 nitrogen and oxygen atoms in total. The number of pyridine rings is 1. The summed E-state index contributed by atoms with van der Waals surface area (Å²) in [5, 5.41) is 12.0. The van der Waals surface area contributed by atoms with Gasteiger partial charge >= 0.3 is 0 Å². The highest BCUT2D eigenvalue weighted by molar-refractivity contribution is 7.90. The van der Waals surface area contributed by atoms with Crippen molar-refractivity contribution in [3.8, 4) is 0 Å². The van der Waals surface area contributed by atoms with Crippen molar-refractivity contribution < 1.29 is 13.3 Å². The lowest BCUT2D eigenvalue weighted by atomic mass is 10.2. The van der Waals surface area contributed by atoms with Crippen LogP contribution in [0.15, 0.2) is 35.4 Å². The lowest BCUT2D eigenvalue weighted by Gasteiger charge is -2.37.